The minimum absolute atomic E-state index is 0.318. The van der Waals surface area contributed by atoms with Gasteiger partial charge in [0.15, 0.2) is 0 Å². The van der Waals surface area contributed by atoms with Gasteiger partial charge in [0.2, 0.25) is 0 Å². The third kappa shape index (κ3) is 3.22. The Morgan fingerprint density at radius 3 is 2.56 bits per heavy atom. The molecule has 0 unspecified atom stereocenters. The molecule has 4 aromatic rings. The first-order valence-corrected chi connectivity index (χ1v) is 8.98. The Morgan fingerprint density at radius 2 is 1.78 bits per heavy atom. The van der Waals surface area contributed by atoms with E-state index in [0.717, 1.165) is 27.4 Å². The molecule has 0 atom stereocenters. The zero-order valence-corrected chi connectivity index (χ0v) is 15.3. The van der Waals surface area contributed by atoms with E-state index < -0.39 is 0 Å². The molecule has 0 fully saturated rings. The third-order valence-electron chi connectivity index (χ3n) is 4.58. The van der Waals surface area contributed by atoms with Crippen LogP contribution in [0.25, 0.3) is 21.7 Å². The summed E-state index contributed by atoms with van der Waals surface area (Å²) in [5.41, 5.74) is 4.09. The first-order valence-electron chi connectivity index (χ1n) is 8.98. The average molecular weight is 356 g/mol. The van der Waals surface area contributed by atoms with E-state index in [9.17, 15) is 4.79 Å². The molecule has 4 nitrogen and oxygen atoms in total. The summed E-state index contributed by atoms with van der Waals surface area (Å²) in [6.45, 7) is 4.16. The fraction of sp³-hybridized carbons (Fsp3) is 0.130. The number of fused-ring (bicyclic) bond motifs is 3. The molecule has 134 valence electrons. The molecule has 0 bridgehead atoms. The zero-order chi connectivity index (χ0) is 18.8. The largest absolute Gasteiger partial charge is 0.462 e. The summed E-state index contributed by atoms with van der Waals surface area (Å²) >= 11 is 0. The summed E-state index contributed by atoms with van der Waals surface area (Å²) in [4.78, 5) is 17.1. The number of benzene rings is 3. The highest BCUT2D eigenvalue weighted by molar-refractivity contribution is 6.13. The molecule has 0 saturated heterocycles. The highest BCUT2D eigenvalue weighted by Gasteiger charge is 2.18. The Kier molecular flexibility index (Phi) is 4.47. The van der Waals surface area contributed by atoms with Gasteiger partial charge in [-0.25, -0.2) is 4.79 Å². The monoisotopic (exact) mass is 356 g/mol. The van der Waals surface area contributed by atoms with Crippen LogP contribution >= 0.6 is 0 Å². The van der Waals surface area contributed by atoms with Gasteiger partial charge in [-0.05, 0) is 31.4 Å². The number of carbonyl (C=O) groups is 1. The highest BCUT2D eigenvalue weighted by Crippen LogP contribution is 2.33. The summed E-state index contributed by atoms with van der Waals surface area (Å²) < 4.78 is 5.24. The van der Waals surface area contributed by atoms with Crippen LogP contribution in [0.5, 0.6) is 0 Å². The lowest BCUT2D eigenvalue weighted by atomic mass is 10.0. The Balaban J connectivity index is 1.95. The first kappa shape index (κ1) is 17.0. The minimum Gasteiger partial charge on any atom is -0.462 e. The Bertz CT molecular complexity index is 1130. The molecule has 4 heteroatoms. The SMILES string of the molecule is CCOC(=O)c1cnc2c(ccc3ccccc32)c1Nc1ccc(C)cc1. The number of nitrogens with zero attached hydrogens (tertiary/aromatic N) is 1. The van der Waals surface area contributed by atoms with Crippen LogP contribution in [0.15, 0.2) is 66.9 Å². The van der Waals surface area contributed by atoms with Crippen LogP contribution in [0.2, 0.25) is 0 Å². The maximum Gasteiger partial charge on any atom is 0.341 e. The molecule has 1 heterocycles. The van der Waals surface area contributed by atoms with Gasteiger partial charge in [-0.1, -0.05) is 54.1 Å². The van der Waals surface area contributed by atoms with E-state index in [1.807, 2.05) is 55.5 Å². The Hall–Kier alpha value is -3.40. The molecule has 1 aromatic heterocycles. The van der Waals surface area contributed by atoms with Crippen molar-refractivity contribution in [2.75, 3.05) is 11.9 Å². The van der Waals surface area contributed by atoms with Crippen LogP contribution < -0.4 is 5.32 Å². The van der Waals surface area contributed by atoms with E-state index >= 15 is 0 Å². The topological polar surface area (TPSA) is 51.2 Å². The van der Waals surface area contributed by atoms with Gasteiger partial charge in [-0.15, -0.1) is 0 Å². The lowest BCUT2D eigenvalue weighted by Crippen LogP contribution is -2.09. The molecule has 0 spiro atoms. The van der Waals surface area contributed by atoms with E-state index in [2.05, 4.69) is 22.4 Å². The predicted octanol–water partition coefficient (Wildman–Crippen LogP) is 5.62. The van der Waals surface area contributed by atoms with Crippen molar-refractivity contribution in [3.63, 3.8) is 0 Å². The second-order valence-electron chi connectivity index (χ2n) is 6.44. The van der Waals surface area contributed by atoms with Crippen LogP contribution in [0, 0.1) is 6.92 Å². The molecule has 0 radical (unpaired) electrons. The van der Waals surface area contributed by atoms with Crippen molar-refractivity contribution in [3.05, 3.63) is 78.0 Å². The van der Waals surface area contributed by atoms with Gasteiger partial charge in [0.05, 0.1) is 17.8 Å². The number of rotatable bonds is 4. The minimum atomic E-state index is -0.380. The summed E-state index contributed by atoms with van der Waals surface area (Å²) in [5.74, 6) is -0.380. The number of anilines is 2. The Labute approximate surface area is 157 Å². The lowest BCUT2D eigenvalue weighted by molar-refractivity contribution is 0.0527. The number of pyridine rings is 1. The number of aryl methyl sites for hydroxylation is 1. The van der Waals surface area contributed by atoms with Gasteiger partial charge >= 0.3 is 5.97 Å². The molecule has 0 aliphatic heterocycles. The maximum absolute atomic E-state index is 12.5. The van der Waals surface area contributed by atoms with Crippen LogP contribution in [-0.2, 0) is 4.74 Å². The average Bonchev–Trinajstić information content (AvgIpc) is 2.69. The summed E-state index contributed by atoms with van der Waals surface area (Å²) in [5, 5.41) is 6.46. The van der Waals surface area contributed by atoms with Gasteiger partial charge in [0.25, 0.3) is 0 Å². The van der Waals surface area contributed by atoms with Gasteiger partial charge in [-0.3, -0.25) is 4.98 Å². The van der Waals surface area contributed by atoms with Gasteiger partial charge in [-0.2, -0.15) is 0 Å². The second kappa shape index (κ2) is 7.08. The van der Waals surface area contributed by atoms with Gasteiger partial charge in [0, 0.05) is 22.7 Å². The number of aromatic nitrogens is 1. The van der Waals surface area contributed by atoms with E-state index in [1.165, 1.54) is 5.56 Å². The van der Waals surface area contributed by atoms with Crippen LogP contribution in [0.1, 0.15) is 22.8 Å². The molecule has 4 rings (SSSR count). The van der Waals surface area contributed by atoms with E-state index in [4.69, 9.17) is 4.74 Å². The molecular weight excluding hydrogens is 336 g/mol. The zero-order valence-electron chi connectivity index (χ0n) is 15.3. The quantitative estimate of drug-likeness (QED) is 0.381. The smallest absolute Gasteiger partial charge is 0.341 e. The van der Waals surface area contributed by atoms with E-state index in [1.54, 1.807) is 13.1 Å². The van der Waals surface area contributed by atoms with Crippen molar-refractivity contribution in [1.29, 1.82) is 0 Å². The van der Waals surface area contributed by atoms with Crippen LogP contribution in [-0.4, -0.2) is 17.6 Å². The Morgan fingerprint density at radius 1 is 1.00 bits per heavy atom. The predicted molar refractivity (Wildman–Crippen MR) is 110 cm³/mol. The van der Waals surface area contributed by atoms with Crippen molar-refractivity contribution in [3.8, 4) is 0 Å². The number of ether oxygens (including phenoxy) is 1. The molecule has 0 aliphatic carbocycles. The van der Waals surface area contributed by atoms with E-state index in [-0.39, 0.29) is 5.97 Å². The number of hydrogen-bond donors (Lipinski definition) is 1. The van der Waals surface area contributed by atoms with E-state index in [0.29, 0.717) is 17.9 Å². The highest BCUT2D eigenvalue weighted by atomic mass is 16.5. The number of hydrogen-bond acceptors (Lipinski definition) is 4. The lowest BCUT2D eigenvalue weighted by Gasteiger charge is -2.15. The summed E-state index contributed by atoms with van der Waals surface area (Å²) in [7, 11) is 0. The molecule has 3 aromatic carbocycles. The van der Waals surface area contributed by atoms with Crippen molar-refractivity contribution in [1.82, 2.24) is 4.98 Å². The first-order chi connectivity index (χ1) is 13.2. The fourth-order valence-electron chi connectivity index (χ4n) is 3.21. The van der Waals surface area contributed by atoms with Crippen LogP contribution in [0.4, 0.5) is 11.4 Å². The van der Waals surface area contributed by atoms with Gasteiger partial charge < -0.3 is 10.1 Å². The van der Waals surface area contributed by atoms with Crippen LogP contribution in [0.3, 0.4) is 0 Å². The van der Waals surface area contributed by atoms with Crippen molar-refractivity contribution in [2.24, 2.45) is 0 Å². The number of esters is 1. The van der Waals surface area contributed by atoms with Gasteiger partial charge in [0.1, 0.15) is 5.56 Å². The standard InChI is InChI=1S/C23H20N2O2/c1-3-27-23(26)20-14-24-21-18-7-5-4-6-16(18)10-13-19(21)22(20)25-17-11-8-15(2)9-12-17/h4-14H,3H2,1-2H3,(H,24,25). The second-order valence-corrected chi connectivity index (χ2v) is 6.44. The van der Waals surface area contributed by atoms with Crippen molar-refractivity contribution >= 4 is 39.0 Å². The fourth-order valence-corrected chi connectivity index (χ4v) is 3.21. The molecule has 0 amide bonds. The number of carbonyl (C=O) groups excluding carboxylic acids is 1. The maximum atomic E-state index is 12.5. The molecule has 0 saturated carbocycles. The number of nitrogens with one attached hydrogen (secondary N) is 1. The van der Waals surface area contributed by atoms with Crippen molar-refractivity contribution < 1.29 is 9.53 Å². The third-order valence-corrected chi connectivity index (χ3v) is 4.58. The van der Waals surface area contributed by atoms with Crippen molar-refractivity contribution in [2.45, 2.75) is 13.8 Å². The molecule has 1 N–H and O–H groups in total. The normalized spacial score (nSPS) is 10.9. The molecular formula is C23H20N2O2. The summed E-state index contributed by atoms with van der Waals surface area (Å²) in [6, 6.07) is 20.2. The summed E-state index contributed by atoms with van der Waals surface area (Å²) in [6.07, 6.45) is 1.60. The molecule has 27 heavy (non-hydrogen) atoms. The molecule has 0 aliphatic rings.